The monoisotopic (exact) mass is 230 g/mol. The van der Waals surface area contributed by atoms with Gasteiger partial charge in [-0.1, -0.05) is 6.92 Å². The summed E-state index contributed by atoms with van der Waals surface area (Å²) >= 11 is 0. The second-order valence-electron chi connectivity index (χ2n) is 4.49. The van der Waals surface area contributed by atoms with Gasteiger partial charge in [0, 0.05) is 26.2 Å². The molecule has 1 saturated heterocycles. The number of nitrogens with two attached hydrogens (primary N) is 1. The lowest BCUT2D eigenvalue weighted by molar-refractivity contribution is -0.00861. The van der Waals surface area contributed by atoms with Crippen molar-refractivity contribution in [1.29, 1.82) is 0 Å². The molecule has 0 aromatic rings. The van der Waals surface area contributed by atoms with Crippen LogP contribution in [0.25, 0.3) is 0 Å². The average molecular weight is 230 g/mol. The zero-order valence-electron chi connectivity index (χ0n) is 10.8. The molecule has 2 N–H and O–H groups in total. The molecule has 3 atom stereocenters. The molecule has 1 aliphatic rings. The van der Waals surface area contributed by atoms with E-state index in [2.05, 4.69) is 18.7 Å². The van der Waals surface area contributed by atoms with E-state index in [0.29, 0.717) is 24.8 Å². The first kappa shape index (κ1) is 13.9. The Morgan fingerprint density at radius 1 is 1.50 bits per heavy atom. The van der Waals surface area contributed by atoms with Crippen molar-refractivity contribution in [2.45, 2.75) is 44.9 Å². The Morgan fingerprint density at radius 3 is 2.69 bits per heavy atom. The maximum Gasteiger partial charge on any atom is 0.0747 e. The molecular formula is C12H26N2O2. The van der Waals surface area contributed by atoms with E-state index in [9.17, 15) is 0 Å². The fourth-order valence-electron chi connectivity index (χ4n) is 2.42. The van der Waals surface area contributed by atoms with Gasteiger partial charge in [-0.05, 0) is 26.3 Å². The molecule has 3 unspecified atom stereocenters. The number of likely N-dealkylation sites (N-methyl/N-ethyl adjacent to an activating group) is 1. The summed E-state index contributed by atoms with van der Waals surface area (Å²) in [6, 6.07) is 0.338. The van der Waals surface area contributed by atoms with Gasteiger partial charge in [0.15, 0.2) is 0 Å². The molecule has 0 spiro atoms. The minimum absolute atomic E-state index is 0.303. The number of hydrogen-bond acceptors (Lipinski definition) is 4. The third kappa shape index (κ3) is 3.70. The normalized spacial score (nSPS) is 27.6. The van der Waals surface area contributed by atoms with Gasteiger partial charge < -0.3 is 15.2 Å². The van der Waals surface area contributed by atoms with Crippen LogP contribution in [0.1, 0.15) is 26.7 Å². The van der Waals surface area contributed by atoms with Crippen LogP contribution >= 0.6 is 0 Å². The summed E-state index contributed by atoms with van der Waals surface area (Å²) in [5.74, 6) is 0. The summed E-state index contributed by atoms with van der Waals surface area (Å²) in [4.78, 5) is 2.37. The number of nitrogens with zero attached hydrogens (tertiary/aromatic N) is 1. The van der Waals surface area contributed by atoms with Crippen molar-refractivity contribution in [2.24, 2.45) is 5.73 Å². The predicted octanol–water partition coefficient (Wildman–Crippen LogP) is 0.850. The van der Waals surface area contributed by atoms with Gasteiger partial charge in [0.1, 0.15) is 0 Å². The predicted molar refractivity (Wildman–Crippen MR) is 65.5 cm³/mol. The summed E-state index contributed by atoms with van der Waals surface area (Å²) < 4.78 is 11.0. The van der Waals surface area contributed by atoms with Crippen LogP contribution in [0.5, 0.6) is 0 Å². The summed E-state index contributed by atoms with van der Waals surface area (Å²) in [5.41, 5.74) is 5.88. The van der Waals surface area contributed by atoms with E-state index < -0.39 is 0 Å². The van der Waals surface area contributed by atoms with Crippen LogP contribution < -0.4 is 5.73 Å². The minimum atomic E-state index is 0.303. The molecule has 16 heavy (non-hydrogen) atoms. The van der Waals surface area contributed by atoms with E-state index in [1.165, 1.54) is 0 Å². The Balaban J connectivity index is 2.49. The lowest BCUT2D eigenvalue weighted by Crippen LogP contribution is -2.49. The molecule has 96 valence electrons. The number of methoxy groups -OCH3 is 1. The van der Waals surface area contributed by atoms with Crippen molar-refractivity contribution in [2.75, 3.05) is 33.4 Å². The second-order valence-corrected chi connectivity index (χ2v) is 4.49. The molecule has 0 radical (unpaired) electrons. The summed E-state index contributed by atoms with van der Waals surface area (Å²) in [6.07, 6.45) is 2.98. The van der Waals surface area contributed by atoms with Gasteiger partial charge >= 0.3 is 0 Å². The van der Waals surface area contributed by atoms with Crippen LogP contribution in [-0.4, -0.2) is 56.5 Å². The maximum absolute atomic E-state index is 5.91. The second kappa shape index (κ2) is 7.22. The van der Waals surface area contributed by atoms with Gasteiger partial charge in [-0.15, -0.1) is 0 Å². The maximum atomic E-state index is 5.91. The first-order chi connectivity index (χ1) is 7.72. The quantitative estimate of drug-likeness (QED) is 0.704. The van der Waals surface area contributed by atoms with E-state index in [4.69, 9.17) is 15.2 Å². The Bertz CT molecular complexity index is 190. The molecule has 1 aliphatic heterocycles. The first-order valence-corrected chi connectivity index (χ1v) is 6.31. The minimum Gasteiger partial charge on any atom is -0.383 e. The Labute approximate surface area is 99.1 Å². The van der Waals surface area contributed by atoms with Gasteiger partial charge in [0.25, 0.3) is 0 Å². The van der Waals surface area contributed by atoms with Gasteiger partial charge in [-0.25, -0.2) is 0 Å². The van der Waals surface area contributed by atoms with Crippen molar-refractivity contribution in [3.8, 4) is 0 Å². The van der Waals surface area contributed by atoms with Crippen molar-refractivity contribution >= 4 is 0 Å². The van der Waals surface area contributed by atoms with E-state index >= 15 is 0 Å². The summed E-state index contributed by atoms with van der Waals surface area (Å²) in [5, 5.41) is 0. The number of rotatable bonds is 7. The molecule has 1 heterocycles. The third-order valence-corrected chi connectivity index (χ3v) is 3.39. The molecule has 1 fully saturated rings. The van der Waals surface area contributed by atoms with Gasteiger partial charge in [0.2, 0.25) is 0 Å². The first-order valence-electron chi connectivity index (χ1n) is 6.31. The van der Waals surface area contributed by atoms with Crippen molar-refractivity contribution < 1.29 is 9.47 Å². The van der Waals surface area contributed by atoms with Crippen LogP contribution in [-0.2, 0) is 9.47 Å². The van der Waals surface area contributed by atoms with Gasteiger partial charge in [-0.2, -0.15) is 0 Å². The van der Waals surface area contributed by atoms with Crippen LogP contribution in [0.2, 0.25) is 0 Å². The van der Waals surface area contributed by atoms with Crippen LogP contribution in [0.4, 0.5) is 0 Å². The Hall–Kier alpha value is -0.160. The topological polar surface area (TPSA) is 47.7 Å². The summed E-state index contributed by atoms with van der Waals surface area (Å²) in [6.45, 7) is 7.65. The number of hydrogen-bond donors (Lipinski definition) is 1. The van der Waals surface area contributed by atoms with Crippen LogP contribution in [0.15, 0.2) is 0 Å². The highest BCUT2D eigenvalue weighted by atomic mass is 16.5. The zero-order valence-corrected chi connectivity index (χ0v) is 10.8. The number of ether oxygens (including phenoxy) is 2. The molecule has 0 aromatic carbocycles. The highest BCUT2D eigenvalue weighted by Gasteiger charge is 2.31. The largest absolute Gasteiger partial charge is 0.383 e. The van der Waals surface area contributed by atoms with Crippen molar-refractivity contribution in [3.05, 3.63) is 0 Å². The zero-order chi connectivity index (χ0) is 12.0. The lowest BCUT2D eigenvalue weighted by Gasteiger charge is -2.33. The van der Waals surface area contributed by atoms with Crippen LogP contribution in [0.3, 0.4) is 0 Å². The highest BCUT2D eigenvalue weighted by molar-refractivity contribution is 4.85. The molecule has 4 nitrogen and oxygen atoms in total. The molecule has 0 bridgehead atoms. The van der Waals surface area contributed by atoms with E-state index in [0.717, 1.165) is 32.5 Å². The van der Waals surface area contributed by atoms with Crippen LogP contribution in [0, 0.1) is 0 Å². The SMILES string of the molecule is CCN(CCOC)C(CN)C1CCC(C)O1. The fraction of sp³-hybridized carbons (Fsp3) is 1.00. The summed E-state index contributed by atoms with van der Waals surface area (Å²) in [7, 11) is 1.74. The highest BCUT2D eigenvalue weighted by Crippen LogP contribution is 2.24. The average Bonchev–Trinajstić information content (AvgIpc) is 2.70. The van der Waals surface area contributed by atoms with E-state index in [1.807, 2.05) is 0 Å². The van der Waals surface area contributed by atoms with Gasteiger partial charge in [-0.3, -0.25) is 4.90 Å². The molecule has 1 rings (SSSR count). The van der Waals surface area contributed by atoms with Crippen molar-refractivity contribution in [3.63, 3.8) is 0 Å². The van der Waals surface area contributed by atoms with Gasteiger partial charge in [0.05, 0.1) is 18.8 Å². The van der Waals surface area contributed by atoms with Crippen molar-refractivity contribution in [1.82, 2.24) is 4.90 Å². The molecular weight excluding hydrogens is 204 g/mol. The smallest absolute Gasteiger partial charge is 0.0747 e. The van der Waals surface area contributed by atoms with E-state index in [-0.39, 0.29) is 0 Å². The molecule has 0 amide bonds. The Morgan fingerprint density at radius 2 is 2.25 bits per heavy atom. The standard InChI is InChI=1S/C12H26N2O2/c1-4-14(7-8-15-3)11(9-13)12-6-5-10(2)16-12/h10-12H,4-9,13H2,1-3H3. The Kier molecular flexibility index (Phi) is 6.28. The fourth-order valence-corrected chi connectivity index (χ4v) is 2.42. The molecule has 0 aliphatic carbocycles. The molecule has 4 heteroatoms. The van der Waals surface area contributed by atoms with E-state index in [1.54, 1.807) is 7.11 Å². The molecule has 0 saturated carbocycles. The third-order valence-electron chi connectivity index (χ3n) is 3.39. The molecule has 0 aromatic heterocycles. The lowest BCUT2D eigenvalue weighted by atomic mass is 10.1.